The number of halogens is 1. The maximum absolute atomic E-state index is 13.1. The first-order chi connectivity index (χ1) is 12.0. The van der Waals surface area contributed by atoms with Gasteiger partial charge in [-0.05, 0) is 65.0 Å². The van der Waals surface area contributed by atoms with Gasteiger partial charge in [0.05, 0.1) is 10.2 Å². The molecule has 0 aromatic carbocycles. The quantitative estimate of drug-likeness (QED) is 0.656. The lowest BCUT2D eigenvalue weighted by Crippen LogP contribution is -2.30. The van der Waals surface area contributed by atoms with E-state index in [2.05, 4.69) is 25.9 Å². The predicted molar refractivity (Wildman–Crippen MR) is 102 cm³/mol. The highest BCUT2D eigenvalue weighted by Gasteiger charge is 2.22. The van der Waals surface area contributed by atoms with Crippen molar-refractivity contribution < 1.29 is 4.79 Å². The molecule has 0 aliphatic rings. The number of amides is 1. The van der Waals surface area contributed by atoms with Crippen molar-refractivity contribution in [1.82, 2.24) is 19.3 Å². The Morgan fingerprint density at radius 3 is 2.72 bits per heavy atom. The lowest BCUT2D eigenvalue weighted by molar-refractivity contribution is 0.0788. The Morgan fingerprint density at radius 2 is 2.04 bits per heavy atom. The van der Waals surface area contributed by atoms with E-state index in [4.69, 9.17) is 0 Å². The number of aromatic nitrogens is 3. The van der Waals surface area contributed by atoms with E-state index in [1.165, 1.54) is 5.56 Å². The van der Waals surface area contributed by atoms with Gasteiger partial charge in [-0.2, -0.15) is 0 Å². The third-order valence-electron chi connectivity index (χ3n) is 4.25. The van der Waals surface area contributed by atoms with Gasteiger partial charge in [-0.1, -0.05) is 6.92 Å². The van der Waals surface area contributed by atoms with Crippen LogP contribution >= 0.6 is 15.9 Å². The molecule has 3 aromatic heterocycles. The van der Waals surface area contributed by atoms with Crippen molar-refractivity contribution in [3.63, 3.8) is 0 Å². The van der Waals surface area contributed by atoms with Gasteiger partial charge < -0.3 is 4.90 Å². The molecule has 3 aromatic rings. The van der Waals surface area contributed by atoms with Crippen LogP contribution in [0, 0.1) is 6.92 Å². The summed E-state index contributed by atoms with van der Waals surface area (Å²) in [6.45, 7) is 4.68. The van der Waals surface area contributed by atoms with Gasteiger partial charge in [0.1, 0.15) is 5.69 Å². The maximum atomic E-state index is 13.1. The van der Waals surface area contributed by atoms with E-state index in [9.17, 15) is 4.79 Å². The van der Waals surface area contributed by atoms with Gasteiger partial charge >= 0.3 is 0 Å². The third-order valence-corrected chi connectivity index (χ3v) is 4.84. The number of carbonyl (C=O) groups is 1. The average Bonchev–Trinajstić information content (AvgIpc) is 2.98. The number of hydrogen-bond acceptors (Lipinski definition) is 3. The molecule has 130 valence electrons. The second-order valence-electron chi connectivity index (χ2n) is 6.15. The monoisotopic (exact) mass is 400 g/mol. The molecular formula is C19H21BrN4O. The molecule has 0 aliphatic heterocycles. The molecule has 0 radical (unpaired) electrons. The molecule has 1 amide bonds. The number of pyridine rings is 2. The normalized spacial score (nSPS) is 11.0. The zero-order chi connectivity index (χ0) is 18.0. The molecule has 0 spiro atoms. The van der Waals surface area contributed by atoms with Gasteiger partial charge in [0.2, 0.25) is 0 Å². The number of likely N-dealkylation sites (N-methyl/N-ethyl adjacent to an activating group) is 1. The molecule has 0 aliphatic carbocycles. The van der Waals surface area contributed by atoms with Crippen molar-refractivity contribution in [3.8, 4) is 0 Å². The van der Waals surface area contributed by atoms with Crippen LogP contribution in [0.25, 0.3) is 5.65 Å². The summed E-state index contributed by atoms with van der Waals surface area (Å²) in [5.41, 5.74) is 4.51. The van der Waals surface area contributed by atoms with Gasteiger partial charge in [-0.3, -0.25) is 14.2 Å². The maximum Gasteiger partial charge on any atom is 0.272 e. The van der Waals surface area contributed by atoms with E-state index in [1.807, 2.05) is 49.7 Å². The fourth-order valence-electron chi connectivity index (χ4n) is 2.88. The minimum Gasteiger partial charge on any atom is -0.340 e. The fourth-order valence-corrected chi connectivity index (χ4v) is 3.52. The smallest absolute Gasteiger partial charge is 0.272 e. The molecular weight excluding hydrogens is 380 g/mol. The average molecular weight is 401 g/mol. The van der Waals surface area contributed by atoms with E-state index in [0.29, 0.717) is 18.7 Å². The molecule has 5 nitrogen and oxygen atoms in total. The summed E-state index contributed by atoms with van der Waals surface area (Å²) in [6, 6.07) is 5.97. The van der Waals surface area contributed by atoms with E-state index >= 15 is 0 Å². The summed E-state index contributed by atoms with van der Waals surface area (Å²) in [6.07, 6.45) is 7.03. The summed E-state index contributed by atoms with van der Waals surface area (Å²) in [7, 11) is 1.84. The molecule has 25 heavy (non-hydrogen) atoms. The van der Waals surface area contributed by atoms with Gasteiger partial charge in [0, 0.05) is 32.2 Å². The Kier molecular flexibility index (Phi) is 5.18. The predicted octanol–water partition coefficient (Wildman–Crippen LogP) is 3.68. The summed E-state index contributed by atoms with van der Waals surface area (Å²) in [4.78, 5) is 23.5. The third kappa shape index (κ3) is 3.58. The second kappa shape index (κ2) is 7.35. The number of carbonyl (C=O) groups excluding carboxylic acids is 1. The largest absolute Gasteiger partial charge is 0.340 e. The van der Waals surface area contributed by atoms with E-state index in [0.717, 1.165) is 27.8 Å². The van der Waals surface area contributed by atoms with Crippen LogP contribution in [0.1, 0.15) is 34.2 Å². The van der Waals surface area contributed by atoms with Crippen molar-refractivity contribution >= 4 is 27.5 Å². The standard InChI is InChI=1S/C19H21BrN4O/c1-4-16-17(24-12-13(2)11-15(20)18(24)22-16)19(25)23(3)10-7-14-5-8-21-9-6-14/h5-6,8-9,11-12H,4,7,10H2,1-3H3. The second-order valence-corrected chi connectivity index (χ2v) is 7.01. The lowest BCUT2D eigenvalue weighted by Gasteiger charge is -2.18. The number of fused-ring (bicyclic) bond motifs is 1. The minimum atomic E-state index is -0.00379. The van der Waals surface area contributed by atoms with Crippen molar-refractivity contribution in [2.45, 2.75) is 26.7 Å². The van der Waals surface area contributed by atoms with Crippen LogP contribution in [0.15, 0.2) is 41.3 Å². The molecule has 0 saturated carbocycles. The number of imidazole rings is 1. The Labute approximate surface area is 155 Å². The highest BCUT2D eigenvalue weighted by Crippen LogP contribution is 2.23. The molecule has 0 atom stereocenters. The van der Waals surface area contributed by atoms with Gasteiger partial charge in [-0.25, -0.2) is 4.98 Å². The first-order valence-electron chi connectivity index (χ1n) is 8.32. The summed E-state index contributed by atoms with van der Waals surface area (Å²) >= 11 is 3.56. The molecule has 0 N–H and O–H groups in total. The van der Waals surface area contributed by atoms with E-state index in [1.54, 1.807) is 17.3 Å². The highest BCUT2D eigenvalue weighted by molar-refractivity contribution is 9.10. The molecule has 6 heteroatoms. The summed E-state index contributed by atoms with van der Waals surface area (Å²) in [5, 5.41) is 0. The Hall–Kier alpha value is -2.21. The number of rotatable bonds is 5. The van der Waals surface area contributed by atoms with Crippen LogP contribution in [0.3, 0.4) is 0 Å². The van der Waals surface area contributed by atoms with Crippen molar-refractivity contribution in [2.75, 3.05) is 13.6 Å². The zero-order valence-electron chi connectivity index (χ0n) is 14.7. The van der Waals surface area contributed by atoms with E-state index in [-0.39, 0.29) is 5.91 Å². The Bertz CT molecular complexity index is 905. The molecule has 0 bridgehead atoms. The Balaban J connectivity index is 1.90. The highest BCUT2D eigenvalue weighted by atomic mass is 79.9. The van der Waals surface area contributed by atoms with Crippen molar-refractivity contribution in [1.29, 1.82) is 0 Å². The molecule has 0 fully saturated rings. The van der Waals surface area contributed by atoms with Gasteiger partial charge in [0.25, 0.3) is 5.91 Å². The number of hydrogen-bond donors (Lipinski definition) is 0. The van der Waals surface area contributed by atoms with Gasteiger partial charge in [0.15, 0.2) is 5.65 Å². The van der Waals surface area contributed by atoms with Crippen LogP contribution in [0.2, 0.25) is 0 Å². The summed E-state index contributed by atoms with van der Waals surface area (Å²) < 4.78 is 2.81. The van der Waals surface area contributed by atoms with Crippen LogP contribution < -0.4 is 0 Å². The first-order valence-corrected chi connectivity index (χ1v) is 9.12. The zero-order valence-corrected chi connectivity index (χ0v) is 16.2. The molecule has 0 unspecified atom stereocenters. The van der Waals surface area contributed by atoms with E-state index < -0.39 is 0 Å². The molecule has 0 saturated heterocycles. The molecule has 3 heterocycles. The van der Waals surface area contributed by atoms with Crippen molar-refractivity contribution in [2.24, 2.45) is 0 Å². The van der Waals surface area contributed by atoms with Crippen LogP contribution in [0.5, 0.6) is 0 Å². The molecule has 3 rings (SSSR count). The first kappa shape index (κ1) is 17.6. The topological polar surface area (TPSA) is 50.5 Å². The van der Waals surface area contributed by atoms with Gasteiger partial charge in [-0.15, -0.1) is 0 Å². The van der Waals surface area contributed by atoms with Crippen molar-refractivity contribution in [3.05, 3.63) is 63.8 Å². The van der Waals surface area contributed by atoms with Crippen LogP contribution in [0.4, 0.5) is 0 Å². The minimum absolute atomic E-state index is 0.00379. The van der Waals surface area contributed by atoms with Crippen LogP contribution in [-0.2, 0) is 12.8 Å². The number of nitrogens with zero attached hydrogens (tertiary/aromatic N) is 4. The fraction of sp³-hybridized carbons (Fsp3) is 0.316. The van der Waals surface area contributed by atoms with Crippen LogP contribution in [-0.4, -0.2) is 38.8 Å². The Morgan fingerprint density at radius 1 is 1.32 bits per heavy atom. The lowest BCUT2D eigenvalue weighted by atomic mass is 10.2. The SMILES string of the molecule is CCc1nc2c(Br)cc(C)cn2c1C(=O)N(C)CCc1ccncc1. The number of aryl methyl sites for hydroxylation is 2. The summed E-state index contributed by atoms with van der Waals surface area (Å²) in [5.74, 6) is -0.00379.